The lowest BCUT2D eigenvalue weighted by atomic mass is 10.2. The van der Waals surface area contributed by atoms with Crippen molar-refractivity contribution in [3.63, 3.8) is 0 Å². The van der Waals surface area contributed by atoms with Gasteiger partial charge in [-0.05, 0) is 26.0 Å². The number of hydrogen-bond acceptors (Lipinski definition) is 6. The van der Waals surface area contributed by atoms with E-state index in [1.165, 1.54) is 47.3 Å². The minimum absolute atomic E-state index is 0.0757. The zero-order valence-electron chi connectivity index (χ0n) is 14.9. The van der Waals surface area contributed by atoms with Gasteiger partial charge in [-0.15, -0.1) is 0 Å². The molecule has 1 aliphatic heterocycles. The second-order valence-corrected chi connectivity index (χ2v) is 10.6. The monoisotopic (exact) mass is 402 g/mol. The van der Waals surface area contributed by atoms with Crippen LogP contribution in [0, 0.1) is 0 Å². The summed E-state index contributed by atoms with van der Waals surface area (Å²) in [6.07, 6.45) is 1.00. The predicted octanol–water partition coefficient (Wildman–Crippen LogP) is 0.155. The van der Waals surface area contributed by atoms with Gasteiger partial charge in [0.1, 0.15) is 5.25 Å². The number of carbonyl (C=O) groups is 2. The molecular formula is C16H22N2O6S2. The Bertz CT molecular complexity index is 899. The maximum absolute atomic E-state index is 12.7. The first kappa shape index (κ1) is 20.5. The number of carbonyl (C=O) groups excluding carboxylic acids is 2. The van der Waals surface area contributed by atoms with Crippen LogP contribution in [0.3, 0.4) is 0 Å². The number of amides is 1. The SMILES string of the molecule is CC(=O)c1ccc(S(=O)(=O)N2CCN(C(=O)C(C)S(C)(=O)=O)CC2)cc1. The number of benzene rings is 1. The molecule has 0 N–H and O–H groups in total. The number of Topliss-reactive ketones (excluding diaryl/α,β-unsaturated/α-hetero) is 1. The molecule has 8 nitrogen and oxygen atoms in total. The van der Waals surface area contributed by atoms with E-state index in [2.05, 4.69) is 0 Å². The Kier molecular flexibility index (Phi) is 5.89. The van der Waals surface area contributed by atoms with Gasteiger partial charge in [0.15, 0.2) is 15.6 Å². The Balaban J connectivity index is 2.09. The summed E-state index contributed by atoms with van der Waals surface area (Å²) >= 11 is 0. The molecule has 0 aromatic heterocycles. The minimum Gasteiger partial charge on any atom is -0.339 e. The van der Waals surface area contributed by atoms with E-state index >= 15 is 0 Å². The van der Waals surface area contributed by atoms with Crippen LogP contribution in [0.25, 0.3) is 0 Å². The minimum atomic E-state index is -3.74. The highest BCUT2D eigenvalue weighted by molar-refractivity contribution is 7.92. The Morgan fingerprint density at radius 1 is 0.962 bits per heavy atom. The van der Waals surface area contributed by atoms with Crippen LogP contribution in [0.5, 0.6) is 0 Å². The number of sulfonamides is 1. The largest absolute Gasteiger partial charge is 0.339 e. The molecule has 0 aliphatic carbocycles. The molecule has 0 bridgehead atoms. The molecule has 1 aromatic rings. The van der Waals surface area contributed by atoms with Gasteiger partial charge in [0.25, 0.3) is 0 Å². The van der Waals surface area contributed by atoms with Gasteiger partial charge in [0, 0.05) is 38.0 Å². The zero-order chi connectivity index (χ0) is 19.7. The van der Waals surface area contributed by atoms with Crippen LogP contribution >= 0.6 is 0 Å². The molecule has 1 fully saturated rings. The molecule has 144 valence electrons. The van der Waals surface area contributed by atoms with E-state index in [4.69, 9.17) is 0 Å². The number of hydrogen-bond donors (Lipinski definition) is 0. The second kappa shape index (κ2) is 7.45. The predicted molar refractivity (Wildman–Crippen MR) is 96.1 cm³/mol. The molecule has 1 saturated heterocycles. The Hall–Kier alpha value is -1.78. The fourth-order valence-corrected chi connectivity index (χ4v) is 4.54. The number of sulfone groups is 1. The van der Waals surface area contributed by atoms with Crippen LogP contribution < -0.4 is 0 Å². The highest BCUT2D eigenvalue weighted by Gasteiger charge is 2.34. The molecule has 1 aromatic carbocycles. The van der Waals surface area contributed by atoms with Crippen molar-refractivity contribution in [2.45, 2.75) is 24.0 Å². The number of rotatable bonds is 5. The van der Waals surface area contributed by atoms with Crippen LogP contribution in [0.15, 0.2) is 29.2 Å². The van der Waals surface area contributed by atoms with Gasteiger partial charge in [-0.3, -0.25) is 9.59 Å². The summed E-state index contributed by atoms with van der Waals surface area (Å²) < 4.78 is 49.7. The van der Waals surface area contributed by atoms with Gasteiger partial charge in [0.05, 0.1) is 4.90 Å². The van der Waals surface area contributed by atoms with Crippen molar-refractivity contribution in [1.29, 1.82) is 0 Å². The third-order valence-electron chi connectivity index (χ3n) is 4.44. The smallest absolute Gasteiger partial charge is 0.243 e. The number of nitrogens with zero attached hydrogens (tertiary/aromatic N) is 2. The van der Waals surface area contributed by atoms with E-state index in [0.717, 1.165) is 6.26 Å². The van der Waals surface area contributed by atoms with Crippen LogP contribution in [0.4, 0.5) is 0 Å². The molecule has 26 heavy (non-hydrogen) atoms. The van der Waals surface area contributed by atoms with Gasteiger partial charge >= 0.3 is 0 Å². The fraction of sp³-hybridized carbons (Fsp3) is 0.500. The highest BCUT2D eigenvalue weighted by atomic mass is 32.2. The van der Waals surface area contributed by atoms with E-state index in [9.17, 15) is 26.4 Å². The van der Waals surface area contributed by atoms with E-state index in [0.29, 0.717) is 5.56 Å². The third kappa shape index (κ3) is 4.30. The average molecular weight is 402 g/mol. The highest BCUT2D eigenvalue weighted by Crippen LogP contribution is 2.19. The molecule has 1 heterocycles. The first-order chi connectivity index (χ1) is 11.9. The van der Waals surface area contributed by atoms with E-state index in [1.54, 1.807) is 0 Å². The van der Waals surface area contributed by atoms with Gasteiger partial charge in [-0.2, -0.15) is 4.31 Å². The summed E-state index contributed by atoms with van der Waals surface area (Å²) in [4.78, 5) is 25.0. The second-order valence-electron chi connectivity index (χ2n) is 6.28. The standard InChI is InChI=1S/C16H22N2O6S2/c1-12(19)14-4-6-15(7-5-14)26(23,24)18-10-8-17(9-11-18)16(20)13(2)25(3,21)22/h4-7,13H,8-11H2,1-3H3. The Labute approximate surface area is 153 Å². The first-order valence-corrected chi connectivity index (χ1v) is 11.4. The lowest BCUT2D eigenvalue weighted by Gasteiger charge is -2.35. The van der Waals surface area contributed by atoms with Gasteiger partial charge in [-0.25, -0.2) is 16.8 Å². The molecule has 1 unspecified atom stereocenters. The summed E-state index contributed by atoms with van der Waals surface area (Å²) in [5, 5.41) is -1.15. The fourth-order valence-electron chi connectivity index (χ4n) is 2.60. The van der Waals surface area contributed by atoms with Crippen LogP contribution in [0.2, 0.25) is 0 Å². The molecule has 0 saturated carbocycles. The van der Waals surface area contributed by atoms with Crippen molar-refractivity contribution in [1.82, 2.24) is 9.21 Å². The van der Waals surface area contributed by atoms with Gasteiger partial charge < -0.3 is 4.90 Å². The molecule has 1 amide bonds. The maximum Gasteiger partial charge on any atom is 0.243 e. The van der Waals surface area contributed by atoms with Crippen LogP contribution in [-0.2, 0) is 24.7 Å². The summed E-state index contributed by atoms with van der Waals surface area (Å²) in [7, 11) is -7.23. The Morgan fingerprint density at radius 3 is 1.88 bits per heavy atom. The van der Waals surface area contributed by atoms with Crippen molar-refractivity contribution in [3.8, 4) is 0 Å². The Morgan fingerprint density at radius 2 is 1.46 bits per heavy atom. The van der Waals surface area contributed by atoms with Crippen molar-refractivity contribution in [2.75, 3.05) is 32.4 Å². The molecule has 1 aliphatic rings. The lowest BCUT2D eigenvalue weighted by Crippen LogP contribution is -2.53. The van der Waals surface area contributed by atoms with Gasteiger partial charge in [0.2, 0.25) is 15.9 Å². The molecular weight excluding hydrogens is 380 g/mol. The van der Waals surface area contributed by atoms with Crippen molar-refractivity contribution < 1.29 is 26.4 Å². The average Bonchev–Trinajstić information content (AvgIpc) is 2.59. The topological polar surface area (TPSA) is 109 Å². The number of piperazine rings is 1. The number of ketones is 1. The maximum atomic E-state index is 12.7. The third-order valence-corrected chi connectivity index (χ3v) is 7.84. The van der Waals surface area contributed by atoms with Crippen molar-refractivity contribution in [2.24, 2.45) is 0 Å². The lowest BCUT2D eigenvalue weighted by molar-refractivity contribution is -0.131. The summed E-state index contributed by atoms with van der Waals surface area (Å²) in [5.41, 5.74) is 0.425. The molecule has 0 spiro atoms. The molecule has 1 atom stereocenters. The summed E-state index contributed by atoms with van der Waals surface area (Å²) in [6, 6.07) is 5.69. The van der Waals surface area contributed by atoms with Crippen molar-refractivity contribution >= 4 is 31.6 Å². The molecule has 0 radical (unpaired) electrons. The van der Waals surface area contributed by atoms with Crippen molar-refractivity contribution in [3.05, 3.63) is 29.8 Å². The van der Waals surface area contributed by atoms with E-state index < -0.39 is 31.0 Å². The van der Waals surface area contributed by atoms with Crippen LogP contribution in [0.1, 0.15) is 24.2 Å². The molecule has 10 heteroatoms. The molecule has 2 rings (SSSR count). The summed E-state index contributed by atoms with van der Waals surface area (Å²) in [5.74, 6) is -0.670. The van der Waals surface area contributed by atoms with Gasteiger partial charge in [-0.1, -0.05) is 12.1 Å². The zero-order valence-corrected chi connectivity index (χ0v) is 16.5. The van der Waals surface area contributed by atoms with Crippen LogP contribution in [-0.4, -0.2) is 75.4 Å². The first-order valence-electron chi connectivity index (χ1n) is 8.03. The van der Waals surface area contributed by atoms with E-state index in [-0.39, 0.29) is 36.9 Å². The quantitative estimate of drug-likeness (QED) is 0.649. The summed E-state index contributed by atoms with van der Waals surface area (Å²) in [6.45, 7) is 3.15. The van der Waals surface area contributed by atoms with E-state index in [1.807, 2.05) is 0 Å². The normalized spacial score (nSPS) is 17.7.